The zero-order valence-electron chi connectivity index (χ0n) is 10.7. The second-order valence-electron chi connectivity index (χ2n) is 3.62. The van der Waals surface area contributed by atoms with Gasteiger partial charge >= 0.3 is 0 Å². The van der Waals surface area contributed by atoms with Crippen molar-refractivity contribution < 1.29 is 14.2 Å². The van der Waals surface area contributed by atoms with E-state index >= 15 is 0 Å². The molecular formula is C13H19NO3. The van der Waals surface area contributed by atoms with E-state index in [4.69, 9.17) is 19.9 Å². The van der Waals surface area contributed by atoms with Gasteiger partial charge in [-0.15, -0.1) is 0 Å². The first-order valence-corrected chi connectivity index (χ1v) is 5.34. The quantitative estimate of drug-likeness (QED) is 0.851. The van der Waals surface area contributed by atoms with Crippen LogP contribution in [-0.4, -0.2) is 27.9 Å². The van der Waals surface area contributed by atoms with E-state index in [0.717, 1.165) is 11.1 Å². The van der Waals surface area contributed by atoms with E-state index in [9.17, 15) is 0 Å². The lowest BCUT2D eigenvalue weighted by Gasteiger charge is -2.14. The lowest BCUT2D eigenvalue weighted by Crippen LogP contribution is -2.00. The number of nitrogens with two attached hydrogens (primary N) is 1. The van der Waals surface area contributed by atoms with Crippen molar-refractivity contribution in [1.29, 1.82) is 0 Å². The summed E-state index contributed by atoms with van der Waals surface area (Å²) in [7, 11) is 4.79. The molecule has 0 bridgehead atoms. The van der Waals surface area contributed by atoms with E-state index < -0.39 is 0 Å². The molecule has 1 rings (SSSR count). The highest BCUT2D eigenvalue weighted by Gasteiger charge is 2.14. The Balaban J connectivity index is 3.33. The minimum absolute atomic E-state index is 0.511. The van der Waals surface area contributed by atoms with Crippen LogP contribution < -0.4 is 19.9 Å². The number of methoxy groups -OCH3 is 3. The molecule has 4 heteroatoms. The Labute approximate surface area is 102 Å². The summed E-state index contributed by atoms with van der Waals surface area (Å²) in [5.41, 5.74) is 7.56. The number of benzene rings is 1. The molecule has 0 atom stereocenters. The second-order valence-corrected chi connectivity index (χ2v) is 3.62. The molecule has 2 N–H and O–H groups in total. The molecule has 0 aliphatic carbocycles. The zero-order chi connectivity index (χ0) is 12.8. The summed E-state index contributed by atoms with van der Waals surface area (Å²) >= 11 is 0. The molecule has 0 fully saturated rings. The van der Waals surface area contributed by atoms with E-state index in [1.165, 1.54) is 0 Å². The van der Waals surface area contributed by atoms with Crippen LogP contribution in [0.4, 0.5) is 0 Å². The maximum Gasteiger partial charge on any atom is 0.203 e. The highest BCUT2D eigenvalue weighted by Crippen LogP contribution is 2.40. The van der Waals surface area contributed by atoms with E-state index in [-0.39, 0.29) is 0 Å². The Hall–Kier alpha value is -1.68. The van der Waals surface area contributed by atoms with Gasteiger partial charge in [0, 0.05) is 12.1 Å². The molecule has 0 unspecified atom stereocenters. The van der Waals surface area contributed by atoms with Crippen molar-refractivity contribution in [2.75, 3.05) is 27.9 Å². The second kappa shape index (κ2) is 6.15. The summed E-state index contributed by atoms with van der Waals surface area (Å²) in [6.07, 6.45) is 1.97. The third-order valence-corrected chi connectivity index (χ3v) is 2.46. The molecule has 0 saturated carbocycles. The zero-order valence-corrected chi connectivity index (χ0v) is 10.7. The van der Waals surface area contributed by atoms with Gasteiger partial charge in [0.25, 0.3) is 0 Å². The van der Waals surface area contributed by atoms with Crippen LogP contribution in [-0.2, 0) is 0 Å². The molecule has 0 heterocycles. The average molecular weight is 237 g/mol. The molecule has 0 radical (unpaired) electrons. The summed E-state index contributed by atoms with van der Waals surface area (Å²) in [6, 6.07) is 3.76. The summed E-state index contributed by atoms with van der Waals surface area (Å²) < 4.78 is 15.9. The van der Waals surface area contributed by atoms with Gasteiger partial charge in [-0.1, -0.05) is 11.6 Å². The maximum absolute atomic E-state index is 5.57. The van der Waals surface area contributed by atoms with Crippen molar-refractivity contribution in [3.8, 4) is 17.2 Å². The van der Waals surface area contributed by atoms with Crippen molar-refractivity contribution in [3.05, 3.63) is 23.3 Å². The molecule has 17 heavy (non-hydrogen) atoms. The molecule has 1 aromatic rings. The third kappa shape index (κ3) is 2.91. The minimum Gasteiger partial charge on any atom is -0.493 e. The monoisotopic (exact) mass is 237 g/mol. The van der Waals surface area contributed by atoms with Gasteiger partial charge < -0.3 is 19.9 Å². The van der Waals surface area contributed by atoms with E-state index in [1.54, 1.807) is 21.3 Å². The molecule has 0 saturated heterocycles. The maximum atomic E-state index is 5.57. The summed E-state index contributed by atoms with van der Waals surface area (Å²) in [4.78, 5) is 0. The Kier molecular flexibility index (Phi) is 4.84. The highest BCUT2D eigenvalue weighted by atomic mass is 16.5. The smallest absolute Gasteiger partial charge is 0.203 e. The summed E-state index contributed by atoms with van der Waals surface area (Å²) in [5, 5.41) is 0. The van der Waals surface area contributed by atoms with Gasteiger partial charge in [-0.3, -0.25) is 0 Å². The van der Waals surface area contributed by atoms with Crippen molar-refractivity contribution in [3.63, 3.8) is 0 Å². The topological polar surface area (TPSA) is 53.7 Å². The van der Waals surface area contributed by atoms with Crippen LogP contribution in [0.15, 0.2) is 17.7 Å². The summed E-state index contributed by atoms with van der Waals surface area (Å²) in [5.74, 6) is 1.89. The van der Waals surface area contributed by atoms with E-state index in [2.05, 4.69) is 0 Å². The largest absolute Gasteiger partial charge is 0.493 e. The Morgan fingerprint density at radius 3 is 2.24 bits per heavy atom. The van der Waals surface area contributed by atoms with Gasteiger partial charge in [-0.25, -0.2) is 0 Å². The third-order valence-electron chi connectivity index (χ3n) is 2.46. The lowest BCUT2D eigenvalue weighted by atomic mass is 10.1. The van der Waals surface area contributed by atoms with Crippen LogP contribution in [0.2, 0.25) is 0 Å². The molecular weight excluding hydrogens is 218 g/mol. The Morgan fingerprint density at radius 1 is 1.12 bits per heavy atom. The molecule has 0 aromatic heterocycles. The van der Waals surface area contributed by atoms with Crippen molar-refractivity contribution in [1.82, 2.24) is 0 Å². The van der Waals surface area contributed by atoms with Gasteiger partial charge in [0.1, 0.15) is 0 Å². The molecule has 4 nitrogen and oxygen atoms in total. The van der Waals surface area contributed by atoms with Gasteiger partial charge in [0.15, 0.2) is 11.5 Å². The predicted molar refractivity (Wildman–Crippen MR) is 68.8 cm³/mol. The number of hydrogen-bond acceptors (Lipinski definition) is 4. The van der Waals surface area contributed by atoms with Crippen LogP contribution in [0.3, 0.4) is 0 Å². The lowest BCUT2D eigenvalue weighted by molar-refractivity contribution is 0.324. The van der Waals surface area contributed by atoms with E-state index in [0.29, 0.717) is 23.8 Å². The molecule has 1 aromatic carbocycles. The first kappa shape index (κ1) is 13.4. The van der Waals surface area contributed by atoms with Crippen molar-refractivity contribution in [2.24, 2.45) is 5.73 Å². The van der Waals surface area contributed by atoms with Crippen molar-refractivity contribution >= 4 is 6.08 Å². The van der Waals surface area contributed by atoms with Gasteiger partial charge in [-0.05, 0) is 19.1 Å². The number of ether oxygens (including phenoxy) is 3. The molecule has 0 aliphatic heterocycles. The SMILES string of the molecule is COc1ccc(C=C(C)CN)c(OC)c1OC. The fraction of sp³-hybridized carbons (Fsp3) is 0.385. The highest BCUT2D eigenvalue weighted by molar-refractivity contribution is 5.67. The molecule has 0 spiro atoms. The van der Waals surface area contributed by atoms with Gasteiger partial charge in [-0.2, -0.15) is 0 Å². The fourth-order valence-electron chi connectivity index (χ4n) is 1.56. The minimum atomic E-state index is 0.511. The fourth-order valence-corrected chi connectivity index (χ4v) is 1.56. The van der Waals surface area contributed by atoms with Gasteiger partial charge in [0.05, 0.1) is 21.3 Å². The molecule has 0 amide bonds. The standard InChI is InChI=1S/C13H19NO3/c1-9(8-14)7-10-5-6-11(15-2)13(17-4)12(10)16-3/h5-7H,8,14H2,1-4H3. The predicted octanol–water partition coefficient (Wildman–Crippen LogP) is 2.07. The first-order chi connectivity index (χ1) is 8.17. The van der Waals surface area contributed by atoms with Crippen LogP contribution in [0, 0.1) is 0 Å². The Bertz CT molecular complexity index is 413. The first-order valence-electron chi connectivity index (χ1n) is 5.34. The van der Waals surface area contributed by atoms with Crippen LogP contribution in [0.1, 0.15) is 12.5 Å². The molecule has 94 valence electrons. The van der Waals surface area contributed by atoms with Crippen LogP contribution in [0.25, 0.3) is 6.08 Å². The van der Waals surface area contributed by atoms with E-state index in [1.807, 2.05) is 25.1 Å². The normalized spacial score (nSPS) is 11.2. The number of rotatable bonds is 5. The molecule has 0 aliphatic rings. The van der Waals surface area contributed by atoms with Crippen molar-refractivity contribution in [2.45, 2.75) is 6.92 Å². The number of hydrogen-bond donors (Lipinski definition) is 1. The average Bonchev–Trinajstić information content (AvgIpc) is 2.37. The van der Waals surface area contributed by atoms with Crippen LogP contribution in [0.5, 0.6) is 17.2 Å². The van der Waals surface area contributed by atoms with Gasteiger partial charge in [0.2, 0.25) is 5.75 Å². The Morgan fingerprint density at radius 2 is 1.76 bits per heavy atom. The van der Waals surface area contributed by atoms with Crippen LogP contribution >= 0.6 is 0 Å². The summed E-state index contributed by atoms with van der Waals surface area (Å²) in [6.45, 7) is 2.48.